The Bertz CT molecular complexity index is 992. The average Bonchev–Trinajstić information content (AvgIpc) is 3.36. The van der Waals surface area contributed by atoms with Crippen LogP contribution in [0.4, 0.5) is 11.8 Å². The number of anilines is 2. The number of hydrogen-bond donors (Lipinski definition) is 0. The molecule has 0 saturated carbocycles. The standard InChI is InChI=1S/C16H17BrN8O/c1-9-21-22-14-13(18-3-4-23(9)14)24-7-11-5-10(24)8-25(11)16-19-6-12(17)15(20-16)26-2/h3-4,6,10-11H,5,7-8H2,1-2H3. The molecular weight excluding hydrogens is 400 g/mol. The molecule has 0 spiro atoms. The van der Waals surface area contributed by atoms with Gasteiger partial charge in [-0.1, -0.05) is 0 Å². The molecule has 0 amide bonds. The normalized spacial score (nSPS) is 21.8. The summed E-state index contributed by atoms with van der Waals surface area (Å²) < 4.78 is 8.04. The van der Waals surface area contributed by atoms with E-state index in [1.807, 2.05) is 23.7 Å². The molecule has 10 heteroatoms. The Kier molecular flexibility index (Phi) is 3.49. The molecular formula is C16H17BrN8O. The van der Waals surface area contributed by atoms with Crippen molar-refractivity contribution in [3.8, 4) is 5.88 Å². The monoisotopic (exact) mass is 416 g/mol. The van der Waals surface area contributed by atoms with E-state index in [1.54, 1.807) is 13.3 Å². The number of aromatic nitrogens is 6. The third-order valence-electron chi connectivity index (χ3n) is 5.14. The third kappa shape index (κ3) is 2.24. The van der Waals surface area contributed by atoms with Gasteiger partial charge in [0.15, 0.2) is 5.82 Å². The van der Waals surface area contributed by atoms with Gasteiger partial charge in [0.05, 0.1) is 29.9 Å². The van der Waals surface area contributed by atoms with Crippen LogP contribution in [0.15, 0.2) is 23.1 Å². The zero-order valence-corrected chi connectivity index (χ0v) is 16.0. The Labute approximate surface area is 158 Å². The lowest BCUT2D eigenvalue weighted by Gasteiger charge is -2.34. The molecule has 3 aromatic rings. The maximum atomic E-state index is 5.30. The average molecular weight is 417 g/mol. The highest BCUT2D eigenvalue weighted by Crippen LogP contribution is 2.37. The minimum absolute atomic E-state index is 0.344. The molecule has 26 heavy (non-hydrogen) atoms. The molecule has 5 heterocycles. The van der Waals surface area contributed by atoms with Crippen LogP contribution in [-0.2, 0) is 0 Å². The van der Waals surface area contributed by atoms with Crippen molar-refractivity contribution in [2.45, 2.75) is 25.4 Å². The smallest absolute Gasteiger partial charge is 0.232 e. The van der Waals surface area contributed by atoms with Gasteiger partial charge in [0.25, 0.3) is 0 Å². The molecule has 2 fully saturated rings. The SMILES string of the molecule is COc1nc(N2CC3CC2CN3c2nccn3c(C)nnc23)ncc1Br. The summed E-state index contributed by atoms with van der Waals surface area (Å²) in [5.74, 6) is 3.03. The van der Waals surface area contributed by atoms with Gasteiger partial charge >= 0.3 is 0 Å². The predicted octanol–water partition coefficient (Wildman–Crippen LogP) is 1.46. The van der Waals surface area contributed by atoms with Crippen LogP contribution in [0.5, 0.6) is 5.88 Å². The first-order chi connectivity index (χ1) is 12.7. The van der Waals surface area contributed by atoms with E-state index in [0.717, 1.165) is 41.3 Å². The number of piperazine rings is 1. The molecule has 0 aliphatic carbocycles. The van der Waals surface area contributed by atoms with Crippen molar-refractivity contribution in [1.29, 1.82) is 0 Å². The molecule has 9 nitrogen and oxygen atoms in total. The molecule has 2 unspecified atom stereocenters. The molecule has 2 aliphatic rings. The van der Waals surface area contributed by atoms with Crippen LogP contribution < -0.4 is 14.5 Å². The highest BCUT2D eigenvalue weighted by atomic mass is 79.9. The Balaban J connectivity index is 1.43. The van der Waals surface area contributed by atoms with Gasteiger partial charge in [0.2, 0.25) is 17.5 Å². The van der Waals surface area contributed by atoms with Gasteiger partial charge in [-0.15, -0.1) is 10.2 Å². The lowest BCUT2D eigenvalue weighted by Crippen LogP contribution is -2.47. The van der Waals surface area contributed by atoms with Crippen LogP contribution >= 0.6 is 15.9 Å². The lowest BCUT2D eigenvalue weighted by atomic mass is 10.2. The van der Waals surface area contributed by atoms with Crippen LogP contribution in [-0.4, -0.2) is 61.8 Å². The van der Waals surface area contributed by atoms with Crippen LogP contribution in [0, 0.1) is 6.92 Å². The van der Waals surface area contributed by atoms with E-state index >= 15 is 0 Å². The maximum absolute atomic E-state index is 5.30. The van der Waals surface area contributed by atoms with E-state index in [0.29, 0.717) is 23.9 Å². The number of methoxy groups -OCH3 is 1. The fourth-order valence-corrected chi connectivity index (χ4v) is 4.28. The first-order valence-corrected chi connectivity index (χ1v) is 9.21. The third-order valence-corrected chi connectivity index (χ3v) is 5.68. The number of hydrogen-bond acceptors (Lipinski definition) is 8. The Hall–Kier alpha value is -2.49. The summed E-state index contributed by atoms with van der Waals surface area (Å²) in [5, 5.41) is 8.48. The van der Waals surface area contributed by atoms with E-state index in [-0.39, 0.29) is 0 Å². The zero-order chi connectivity index (χ0) is 17.8. The van der Waals surface area contributed by atoms with Crippen molar-refractivity contribution in [3.05, 3.63) is 28.9 Å². The number of halogens is 1. The predicted molar refractivity (Wildman–Crippen MR) is 98.7 cm³/mol. The van der Waals surface area contributed by atoms with Crippen LogP contribution in [0.25, 0.3) is 5.65 Å². The largest absolute Gasteiger partial charge is 0.480 e. The molecule has 2 saturated heterocycles. The zero-order valence-electron chi connectivity index (χ0n) is 14.4. The van der Waals surface area contributed by atoms with Gasteiger partial charge in [-0.05, 0) is 29.3 Å². The van der Waals surface area contributed by atoms with Gasteiger partial charge in [-0.3, -0.25) is 4.40 Å². The topological polar surface area (TPSA) is 84.6 Å². The lowest BCUT2D eigenvalue weighted by molar-refractivity contribution is 0.393. The van der Waals surface area contributed by atoms with Crippen molar-refractivity contribution < 1.29 is 4.74 Å². The fraction of sp³-hybridized carbons (Fsp3) is 0.438. The summed E-state index contributed by atoms with van der Waals surface area (Å²) >= 11 is 3.41. The van der Waals surface area contributed by atoms with Crippen LogP contribution in [0.1, 0.15) is 12.2 Å². The number of fused-ring (bicyclic) bond motifs is 3. The van der Waals surface area contributed by atoms with Gasteiger partial charge < -0.3 is 14.5 Å². The number of nitrogens with zero attached hydrogens (tertiary/aromatic N) is 8. The fourth-order valence-electron chi connectivity index (χ4n) is 3.93. The maximum Gasteiger partial charge on any atom is 0.232 e. The minimum Gasteiger partial charge on any atom is -0.480 e. The molecule has 2 atom stereocenters. The molecule has 0 N–H and O–H groups in total. The second kappa shape index (κ2) is 5.76. The second-order valence-electron chi connectivity index (χ2n) is 6.57. The first kappa shape index (κ1) is 15.7. The van der Waals surface area contributed by atoms with Crippen molar-refractivity contribution in [2.24, 2.45) is 0 Å². The summed E-state index contributed by atoms with van der Waals surface area (Å²) in [7, 11) is 1.61. The summed E-state index contributed by atoms with van der Waals surface area (Å²) in [6.45, 7) is 3.66. The molecule has 2 bridgehead atoms. The Morgan fingerprint density at radius 1 is 1.15 bits per heavy atom. The summed E-state index contributed by atoms with van der Waals surface area (Å²) in [6.07, 6.45) is 6.51. The van der Waals surface area contributed by atoms with Crippen molar-refractivity contribution in [3.63, 3.8) is 0 Å². The van der Waals surface area contributed by atoms with E-state index in [4.69, 9.17) is 4.74 Å². The number of aryl methyl sites for hydroxylation is 1. The van der Waals surface area contributed by atoms with E-state index in [9.17, 15) is 0 Å². The summed E-state index contributed by atoms with van der Waals surface area (Å²) in [6, 6.07) is 0.700. The second-order valence-corrected chi connectivity index (χ2v) is 7.42. The Morgan fingerprint density at radius 3 is 2.73 bits per heavy atom. The first-order valence-electron chi connectivity index (χ1n) is 8.42. The van der Waals surface area contributed by atoms with E-state index in [2.05, 4.69) is 50.9 Å². The van der Waals surface area contributed by atoms with Gasteiger partial charge in [0, 0.05) is 25.5 Å². The molecule has 0 aromatic carbocycles. The molecule has 5 rings (SSSR count). The van der Waals surface area contributed by atoms with Gasteiger partial charge in [-0.2, -0.15) is 4.98 Å². The van der Waals surface area contributed by atoms with Gasteiger partial charge in [-0.25, -0.2) is 9.97 Å². The highest BCUT2D eigenvalue weighted by molar-refractivity contribution is 9.10. The summed E-state index contributed by atoms with van der Waals surface area (Å²) in [4.78, 5) is 18.2. The van der Waals surface area contributed by atoms with Crippen LogP contribution in [0.2, 0.25) is 0 Å². The van der Waals surface area contributed by atoms with Crippen molar-refractivity contribution in [1.82, 2.24) is 29.5 Å². The van der Waals surface area contributed by atoms with E-state index in [1.165, 1.54) is 0 Å². The quantitative estimate of drug-likeness (QED) is 0.634. The molecule has 2 aliphatic heterocycles. The number of ether oxygens (including phenoxy) is 1. The Morgan fingerprint density at radius 2 is 1.96 bits per heavy atom. The molecule has 134 valence electrons. The molecule has 3 aromatic heterocycles. The number of rotatable bonds is 3. The van der Waals surface area contributed by atoms with Crippen LogP contribution in [0.3, 0.4) is 0 Å². The van der Waals surface area contributed by atoms with Gasteiger partial charge in [0.1, 0.15) is 5.82 Å². The van der Waals surface area contributed by atoms with Crippen molar-refractivity contribution >= 4 is 33.3 Å². The molecule has 0 radical (unpaired) electrons. The van der Waals surface area contributed by atoms with Crippen molar-refractivity contribution in [2.75, 3.05) is 30.0 Å². The summed E-state index contributed by atoms with van der Waals surface area (Å²) in [5.41, 5.74) is 0.811. The minimum atomic E-state index is 0.344. The van der Waals surface area contributed by atoms with E-state index < -0.39 is 0 Å². The highest BCUT2D eigenvalue weighted by Gasteiger charge is 2.45.